The molecule has 0 amide bonds. The number of fused-ring (bicyclic) bond motifs is 6. The summed E-state index contributed by atoms with van der Waals surface area (Å²) in [6.45, 7) is 4.32. The minimum absolute atomic E-state index is 0.155. The van der Waals surface area contributed by atoms with Crippen molar-refractivity contribution in [2.45, 2.75) is 19.8 Å². The molecule has 0 saturated heterocycles. The van der Waals surface area contributed by atoms with E-state index in [0.717, 1.165) is 0 Å². The molecule has 0 radical (unpaired) electrons. The molecular weight excluding hydrogens is 444 g/mol. The first-order valence-electron chi connectivity index (χ1n) is 13.1. The normalized spacial score (nSPS) is 13.7. The number of rotatable bonds is 3. The van der Waals surface area contributed by atoms with Crippen LogP contribution in [0.25, 0.3) is 39.0 Å². The highest BCUT2D eigenvalue weighted by Gasteiger charge is 2.36. The maximum absolute atomic E-state index is 2.39. The van der Waals surface area contributed by atoms with Crippen LogP contribution in [0.5, 0.6) is 0 Å². The van der Waals surface area contributed by atoms with E-state index < -0.39 is 0 Å². The molecule has 0 bridgehead atoms. The van der Waals surface area contributed by atoms with E-state index in [1.54, 1.807) is 0 Å². The summed E-state index contributed by atoms with van der Waals surface area (Å²) in [5.41, 5.74) is 17.4. The Kier molecular flexibility index (Phi) is 5.08. The highest BCUT2D eigenvalue weighted by Crippen LogP contribution is 2.56. The molecule has 0 aliphatic heterocycles. The predicted molar refractivity (Wildman–Crippen MR) is 157 cm³/mol. The molecule has 5 aromatic carbocycles. The maximum atomic E-state index is 2.39. The fraction of sp³-hybridized carbons (Fsp3) is 0.0811. The first-order chi connectivity index (χ1) is 18.3. The smallest absolute Gasteiger partial charge is 0.0364 e. The van der Waals surface area contributed by atoms with Gasteiger partial charge >= 0.3 is 0 Å². The molecule has 37 heavy (non-hydrogen) atoms. The zero-order chi connectivity index (χ0) is 24.9. The van der Waals surface area contributed by atoms with Crippen molar-refractivity contribution in [3.8, 4) is 22.3 Å². The van der Waals surface area contributed by atoms with E-state index >= 15 is 0 Å². The fourth-order valence-electron chi connectivity index (χ4n) is 6.33. The third kappa shape index (κ3) is 3.29. The van der Waals surface area contributed by atoms with Crippen LogP contribution in [0.4, 0.5) is 0 Å². The molecular formula is C37H28. The summed E-state index contributed by atoms with van der Waals surface area (Å²) in [5, 5.41) is 0. The van der Waals surface area contributed by atoms with Crippen LogP contribution in [0.1, 0.15) is 53.1 Å². The van der Waals surface area contributed by atoms with Crippen molar-refractivity contribution >= 4 is 16.7 Å². The summed E-state index contributed by atoms with van der Waals surface area (Å²) in [6.07, 6.45) is 2.20. The summed E-state index contributed by atoms with van der Waals surface area (Å²) in [5.74, 6) is 0.155. The molecule has 0 saturated carbocycles. The van der Waals surface area contributed by atoms with Crippen molar-refractivity contribution in [2.75, 3.05) is 0 Å². The molecule has 2 aliphatic carbocycles. The average Bonchev–Trinajstić information content (AvgIpc) is 3.47. The minimum Gasteiger partial charge on any atom is -0.0841 e. The Bertz CT molecular complexity index is 1650. The highest BCUT2D eigenvalue weighted by molar-refractivity contribution is 6.13. The van der Waals surface area contributed by atoms with E-state index in [9.17, 15) is 0 Å². The van der Waals surface area contributed by atoms with Crippen LogP contribution in [0.3, 0.4) is 0 Å². The van der Waals surface area contributed by atoms with Gasteiger partial charge in [0.05, 0.1) is 0 Å². The van der Waals surface area contributed by atoms with Crippen molar-refractivity contribution in [1.29, 1.82) is 0 Å². The van der Waals surface area contributed by atoms with Gasteiger partial charge in [0.25, 0.3) is 0 Å². The molecule has 0 fully saturated rings. The van der Waals surface area contributed by atoms with Gasteiger partial charge in [-0.15, -0.1) is 0 Å². The quantitative estimate of drug-likeness (QED) is 0.240. The van der Waals surface area contributed by atoms with Crippen LogP contribution >= 0.6 is 0 Å². The van der Waals surface area contributed by atoms with Gasteiger partial charge in [-0.25, -0.2) is 0 Å². The molecule has 0 spiro atoms. The van der Waals surface area contributed by atoms with Gasteiger partial charge in [-0.3, -0.25) is 0 Å². The lowest BCUT2D eigenvalue weighted by atomic mass is 9.79. The molecule has 7 rings (SSSR count). The Morgan fingerprint density at radius 2 is 0.973 bits per heavy atom. The molecule has 2 aliphatic rings. The van der Waals surface area contributed by atoms with Crippen molar-refractivity contribution in [3.05, 3.63) is 161 Å². The van der Waals surface area contributed by atoms with Crippen molar-refractivity contribution < 1.29 is 0 Å². The summed E-state index contributed by atoms with van der Waals surface area (Å²) < 4.78 is 0. The van der Waals surface area contributed by atoms with Crippen molar-refractivity contribution in [1.82, 2.24) is 0 Å². The molecule has 5 aromatic rings. The van der Waals surface area contributed by atoms with E-state index in [1.807, 2.05) is 0 Å². The summed E-state index contributed by atoms with van der Waals surface area (Å²) in [4.78, 5) is 0. The average molecular weight is 473 g/mol. The molecule has 0 heterocycles. The zero-order valence-electron chi connectivity index (χ0n) is 21.2. The lowest BCUT2D eigenvalue weighted by molar-refractivity contribution is 1.09. The van der Waals surface area contributed by atoms with Crippen LogP contribution in [0, 0.1) is 0 Å². The maximum Gasteiger partial charge on any atom is 0.0364 e. The van der Waals surface area contributed by atoms with Gasteiger partial charge in [0.1, 0.15) is 0 Å². The highest BCUT2D eigenvalue weighted by atomic mass is 14.4. The molecule has 176 valence electrons. The Hall–Kier alpha value is -4.42. The second kappa shape index (κ2) is 8.61. The SMILES string of the molecule is C/C=C(/C)c1cccc(C(=C2c3ccccc3-c3ccccc32)C2c3ccccc3-c3ccccc32)c1. The first kappa shape index (κ1) is 21.8. The second-order valence-electron chi connectivity index (χ2n) is 10.0. The predicted octanol–water partition coefficient (Wildman–Crippen LogP) is 9.86. The molecule has 0 unspecified atom stereocenters. The van der Waals surface area contributed by atoms with Gasteiger partial charge < -0.3 is 0 Å². The summed E-state index contributed by atoms with van der Waals surface area (Å²) >= 11 is 0. The molecule has 0 atom stereocenters. The van der Waals surface area contributed by atoms with E-state index in [4.69, 9.17) is 0 Å². The largest absolute Gasteiger partial charge is 0.0841 e. The minimum atomic E-state index is 0.155. The number of hydrogen-bond donors (Lipinski definition) is 0. The van der Waals surface area contributed by atoms with Crippen molar-refractivity contribution in [2.24, 2.45) is 0 Å². The number of hydrogen-bond acceptors (Lipinski definition) is 0. The van der Waals surface area contributed by atoms with Gasteiger partial charge in [0.2, 0.25) is 0 Å². The van der Waals surface area contributed by atoms with E-state index in [2.05, 4.69) is 141 Å². The third-order valence-corrected chi connectivity index (χ3v) is 8.14. The third-order valence-electron chi connectivity index (χ3n) is 8.14. The monoisotopic (exact) mass is 472 g/mol. The van der Waals surface area contributed by atoms with Gasteiger partial charge in [-0.05, 0) is 92.3 Å². The molecule has 0 nitrogen and oxygen atoms in total. The van der Waals surface area contributed by atoms with Crippen LogP contribution in [0.15, 0.2) is 127 Å². The molecule has 0 heteroatoms. The van der Waals surface area contributed by atoms with Gasteiger partial charge in [-0.1, -0.05) is 121 Å². The van der Waals surface area contributed by atoms with E-state index in [0.29, 0.717) is 0 Å². The summed E-state index contributed by atoms with van der Waals surface area (Å²) in [6, 6.07) is 44.9. The Balaban J connectivity index is 1.63. The number of benzene rings is 5. The Morgan fingerprint density at radius 3 is 1.51 bits per heavy atom. The van der Waals surface area contributed by atoms with Gasteiger partial charge in [0.15, 0.2) is 0 Å². The van der Waals surface area contributed by atoms with Gasteiger partial charge in [0, 0.05) is 5.92 Å². The fourth-order valence-corrected chi connectivity index (χ4v) is 6.33. The van der Waals surface area contributed by atoms with Crippen LogP contribution in [-0.4, -0.2) is 0 Å². The van der Waals surface area contributed by atoms with E-state index in [-0.39, 0.29) is 5.92 Å². The van der Waals surface area contributed by atoms with Crippen LogP contribution in [0.2, 0.25) is 0 Å². The zero-order valence-corrected chi connectivity index (χ0v) is 21.2. The van der Waals surface area contributed by atoms with E-state index in [1.165, 1.54) is 72.4 Å². The number of allylic oxidation sites excluding steroid dienone is 3. The van der Waals surface area contributed by atoms with Gasteiger partial charge in [-0.2, -0.15) is 0 Å². The second-order valence-corrected chi connectivity index (χ2v) is 10.0. The van der Waals surface area contributed by atoms with Crippen LogP contribution in [-0.2, 0) is 0 Å². The molecule has 0 aromatic heterocycles. The first-order valence-corrected chi connectivity index (χ1v) is 13.1. The Labute approximate surface area is 219 Å². The topological polar surface area (TPSA) is 0 Å². The van der Waals surface area contributed by atoms with Crippen molar-refractivity contribution in [3.63, 3.8) is 0 Å². The Morgan fingerprint density at radius 1 is 0.514 bits per heavy atom. The summed E-state index contributed by atoms with van der Waals surface area (Å²) in [7, 11) is 0. The standard InChI is InChI=1S/C37H28/c1-3-24(2)25-13-12-14-26(23-25)35(36-31-19-8-4-15-27(31)28-16-5-9-20-32(28)36)37-33-21-10-6-17-29(33)30-18-7-11-22-34(30)37/h3-23,36H,1-2H3/b24-3-. The lowest BCUT2D eigenvalue weighted by Gasteiger charge is -2.23. The van der Waals surface area contributed by atoms with Crippen LogP contribution < -0.4 is 0 Å². The lowest BCUT2D eigenvalue weighted by Crippen LogP contribution is -2.05. The molecule has 0 N–H and O–H groups in total.